The summed E-state index contributed by atoms with van der Waals surface area (Å²) in [5.74, 6) is -0.280. The molecule has 184 valence electrons. The number of hydrogen-bond acceptors (Lipinski definition) is 5. The number of ether oxygens (including phenoxy) is 1. The van der Waals surface area contributed by atoms with E-state index in [1.165, 1.54) is 6.07 Å². The van der Waals surface area contributed by atoms with E-state index in [2.05, 4.69) is 16.8 Å². The number of carbonyl (C=O) groups excluding carboxylic acids is 1. The van der Waals surface area contributed by atoms with Gasteiger partial charge in [0.15, 0.2) is 6.10 Å². The van der Waals surface area contributed by atoms with Gasteiger partial charge in [-0.25, -0.2) is 9.37 Å². The molecule has 0 saturated carbocycles. The first-order chi connectivity index (χ1) is 17.0. The van der Waals surface area contributed by atoms with E-state index in [9.17, 15) is 9.18 Å². The molecular weight excluding hydrogens is 443 g/mol. The van der Waals surface area contributed by atoms with Crippen molar-refractivity contribution in [3.8, 4) is 0 Å². The van der Waals surface area contributed by atoms with E-state index in [1.807, 2.05) is 47.4 Å². The Labute approximate surface area is 206 Å². The monoisotopic (exact) mass is 476 g/mol. The number of amides is 1. The first kappa shape index (κ1) is 23.9. The number of nitrogens with zero attached hydrogens (tertiary/aromatic N) is 4. The molecule has 1 unspecified atom stereocenters. The van der Waals surface area contributed by atoms with Gasteiger partial charge in [0.1, 0.15) is 5.82 Å². The highest BCUT2D eigenvalue weighted by atomic mass is 19.1. The molecule has 0 aliphatic carbocycles. The second kappa shape index (κ2) is 10.0. The molecule has 3 heterocycles. The van der Waals surface area contributed by atoms with Crippen LogP contribution in [0.2, 0.25) is 0 Å². The highest BCUT2D eigenvalue weighted by Gasteiger charge is 2.44. The van der Waals surface area contributed by atoms with Crippen molar-refractivity contribution in [3.05, 3.63) is 77.7 Å². The summed E-state index contributed by atoms with van der Waals surface area (Å²) in [4.78, 5) is 25.0. The highest BCUT2D eigenvalue weighted by molar-refractivity contribution is 5.84. The standard InChI is InChI=1S/C28H33FN4O2/c1-31-16-18-33(19-17-31)28(22-7-5-8-23(29)20-22)12-14-32(15-13-28)27(34)26(35-2)25-11-10-21-6-3-4-9-24(21)30-25/h3-11,20,26H,12-19H2,1-2H3. The van der Waals surface area contributed by atoms with Crippen molar-refractivity contribution >= 4 is 16.8 Å². The third-order valence-corrected chi connectivity index (χ3v) is 7.72. The Morgan fingerprint density at radius 1 is 0.971 bits per heavy atom. The summed E-state index contributed by atoms with van der Waals surface area (Å²) < 4.78 is 19.9. The van der Waals surface area contributed by atoms with Crippen LogP contribution in [0, 0.1) is 5.82 Å². The molecule has 7 heteroatoms. The average Bonchev–Trinajstić information content (AvgIpc) is 2.89. The van der Waals surface area contributed by atoms with Crippen LogP contribution in [0.4, 0.5) is 4.39 Å². The van der Waals surface area contributed by atoms with Crippen molar-refractivity contribution in [1.82, 2.24) is 19.7 Å². The molecule has 2 aliphatic rings. The lowest BCUT2D eigenvalue weighted by Gasteiger charge is -2.51. The first-order valence-corrected chi connectivity index (χ1v) is 12.4. The van der Waals surface area contributed by atoms with Crippen LogP contribution in [0.1, 0.15) is 30.2 Å². The molecule has 0 N–H and O–H groups in total. The number of likely N-dealkylation sites (tertiary alicyclic amines) is 1. The van der Waals surface area contributed by atoms with Crippen LogP contribution in [0.5, 0.6) is 0 Å². The predicted octanol–water partition coefficient (Wildman–Crippen LogP) is 3.83. The number of benzene rings is 2. The Bertz CT molecular complexity index is 1190. The Morgan fingerprint density at radius 3 is 2.43 bits per heavy atom. The third-order valence-electron chi connectivity index (χ3n) is 7.72. The number of fused-ring (bicyclic) bond motifs is 1. The number of para-hydroxylation sites is 1. The maximum absolute atomic E-state index is 14.3. The van der Waals surface area contributed by atoms with Crippen LogP contribution < -0.4 is 0 Å². The van der Waals surface area contributed by atoms with E-state index in [0.29, 0.717) is 18.8 Å². The fourth-order valence-corrected chi connectivity index (χ4v) is 5.64. The second-order valence-corrected chi connectivity index (χ2v) is 9.70. The molecule has 2 fully saturated rings. The number of carbonyl (C=O) groups is 1. The molecule has 5 rings (SSSR count). The van der Waals surface area contributed by atoms with E-state index >= 15 is 0 Å². The number of piperidine rings is 1. The van der Waals surface area contributed by atoms with Crippen LogP contribution in [0.25, 0.3) is 10.9 Å². The Kier molecular flexibility index (Phi) is 6.82. The molecule has 6 nitrogen and oxygen atoms in total. The van der Waals surface area contributed by atoms with Gasteiger partial charge in [-0.05, 0) is 49.7 Å². The summed E-state index contributed by atoms with van der Waals surface area (Å²) in [6.07, 6.45) is 0.769. The van der Waals surface area contributed by atoms with E-state index in [0.717, 1.165) is 55.5 Å². The normalized spacial score (nSPS) is 20.1. The maximum atomic E-state index is 14.3. The quantitative estimate of drug-likeness (QED) is 0.560. The largest absolute Gasteiger partial charge is 0.365 e. The molecule has 1 aromatic heterocycles. The Morgan fingerprint density at radius 2 is 1.71 bits per heavy atom. The van der Waals surface area contributed by atoms with E-state index in [4.69, 9.17) is 9.72 Å². The molecule has 2 saturated heterocycles. The molecule has 3 aromatic rings. The van der Waals surface area contributed by atoms with Crippen molar-refractivity contribution < 1.29 is 13.9 Å². The van der Waals surface area contributed by atoms with Crippen molar-refractivity contribution in [2.45, 2.75) is 24.5 Å². The molecule has 2 aromatic carbocycles. The summed E-state index contributed by atoms with van der Waals surface area (Å²) in [5, 5.41) is 1.03. The Balaban J connectivity index is 1.37. The number of piperazine rings is 1. The van der Waals surface area contributed by atoms with Crippen LogP contribution in [-0.2, 0) is 15.1 Å². The number of rotatable bonds is 5. The van der Waals surface area contributed by atoms with Gasteiger partial charge in [-0.15, -0.1) is 0 Å². The molecule has 35 heavy (non-hydrogen) atoms. The Hall–Kier alpha value is -2.87. The van der Waals surface area contributed by atoms with Crippen LogP contribution in [0.15, 0.2) is 60.7 Å². The third kappa shape index (κ3) is 4.68. The smallest absolute Gasteiger partial charge is 0.257 e. The van der Waals surface area contributed by atoms with Gasteiger partial charge >= 0.3 is 0 Å². The zero-order valence-corrected chi connectivity index (χ0v) is 20.5. The van der Waals surface area contributed by atoms with Crippen LogP contribution in [0.3, 0.4) is 0 Å². The minimum atomic E-state index is -0.745. The van der Waals surface area contributed by atoms with E-state index in [1.54, 1.807) is 19.2 Å². The molecule has 0 radical (unpaired) electrons. The summed E-state index contributed by atoms with van der Waals surface area (Å²) in [6.45, 7) is 5.02. The van der Waals surface area contributed by atoms with Crippen molar-refractivity contribution in [2.24, 2.45) is 0 Å². The SMILES string of the molecule is COC(C(=O)N1CCC(c2cccc(F)c2)(N2CCN(C)CC2)CC1)c1ccc2ccccc2n1. The van der Waals surface area contributed by atoms with Gasteiger partial charge in [0.05, 0.1) is 11.2 Å². The maximum Gasteiger partial charge on any atom is 0.257 e. The van der Waals surface area contributed by atoms with Gasteiger partial charge in [-0.2, -0.15) is 0 Å². The molecule has 2 aliphatic heterocycles. The van der Waals surface area contributed by atoms with Crippen molar-refractivity contribution in [3.63, 3.8) is 0 Å². The number of methoxy groups -OCH3 is 1. The second-order valence-electron chi connectivity index (χ2n) is 9.70. The van der Waals surface area contributed by atoms with Crippen LogP contribution in [-0.4, -0.2) is 79.0 Å². The zero-order valence-electron chi connectivity index (χ0n) is 20.5. The van der Waals surface area contributed by atoms with Crippen molar-refractivity contribution in [1.29, 1.82) is 0 Å². The van der Waals surface area contributed by atoms with Gasteiger partial charge in [0.2, 0.25) is 0 Å². The summed E-state index contributed by atoms with van der Waals surface area (Å²) in [5.41, 5.74) is 2.20. The van der Waals surface area contributed by atoms with Crippen molar-refractivity contribution in [2.75, 3.05) is 53.4 Å². The first-order valence-electron chi connectivity index (χ1n) is 12.4. The number of hydrogen-bond donors (Lipinski definition) is 0. The molecule has 1 amide bonds. The lowest BCUT2D eigenvalue weighted by Crippen LogP contribution is -2.59. The summed E-state index contributed by atoms with van der Waals surface area (Å²) in [7, 11) is 3.70. The highest BCUT2D eigenvalue weighted by Crippen LogP contribution is 2.40. The van der Waals surface area contributed by atoms with Gasteiger partial charge in [-0.1, -0.05) is 36.4 Å². The van der Waals surface area contributed by atoms with E-state index in [-0.39, 0.29) is 17.3 Å². The number of halogens is 1. The minimum Gasteiger partial charge on any atom is -0.365 e. The van der Waals surface area contributed by atoms with Gasteiger partial charge in [0, 0.05) is 57.3 Å². The number of pyridine rings is 1. The predicted molar refractivity (Wildman–Crippen MR) is 134 cm³/mol. The number of likely N-dealkylation sites (N-methyl/N-ethyl adjacent to an activating group) is 1. The van der Waals surface area contributed by atoms with Gasteiger partial charge < -0.3 is 14.5 Å². The van der Waals surface area contributed by atoms with Gasteiger partial charge in [-0.3, -0.25) is 9.69 Å². The molecule has 1 atom stereocenters. The molecule has 0 bridgehead atoms. The minimum absolute atomic E-state index is 0.0681. The molecule has 0 spiro atoms. The topological polar surface area (TPSA) is 48.9 Å². The lowest BCUT2D eigenvalue weighted by atomic mass is 9.78. The number of aromatic nitrogens is 1. The summed E-state index contributed by atoms with van der Waals surface area (Å²) >= 11 is 0. The fraction of sp³-hybridized carbons (Fsp3) is 0.429. The lowest BCUT2D eigenvalue weighted by molar-refractivity contribution is -0.146. The van der Waals surface area contributed by atoms with Crippen LogP contribution >= 0.6 is 0 Å². The zero-order chi connectivity index (χ0) is 24.4. The fourth-order valence-electron chi connectivity index (χ4n) is 5.64. The van der Waals surface area contributed by atoms with Gasteiger partial charge in [0.25, 0.3) is 5.91 Å². The van der Waals surface area contributed by atoms with E-state index < -0.39 is 6.10 Å². The average molecular weight is 477 g/mol. The summed E-state index contributed by atoms with van der Waals surface area (Å²) in [6, 6.07) is 18.7. The molecular formula is C28H33FN4O2.